The first-order valence-electron chi connectivity index (χ1n) is 10.2. The summed E-state index contributed by atoms with van der Waals surface area (Å²) in [5.41, 5.74) is 2.65. The van der Waals surface area contributed by atoms with Crippen molar-refractivity contribution in [2.45, 2.75) is 32.6 Å². The first-order valence-corrected chi connectivity index (χ1v) is 12.1. The summed E-state index contributed by atoms with van der Waals surface area (Å²) in [4.78, 5) is 12.4. The number of sulfonamides is 1. The monoisotopic (exact) mass is 448 g/mol. The Morgan fingerprint density at radius 1 is 1.03 bits per heavy atom. The summed E-state index contributed by atoms with van der Waals surface area (Å²) >= 11 is 0. The molecule has 0 saturated carbocycles. The Bertz CT molecular complexity index is 972. The van der Waals surface area contributed by atoms with Gasteiger partial charge < -0.3 is 14.8 Å². The quantitative estimate of drug-likeness (QED) is 0.533. The zero-order chi connectivity index (χ0) is 23.0. The van der Waals surface area contributed by atoms with Crippen LogP contribution in [-0.4, -0.2) is 47.9 Å². The fourth-order valence-corrected chi connectivity index (χ4v) is 4.02. The summed E-state index contributed by atoms with van der Waals surface area (Å²) in [6, 6.07) is 13.0. The van der Waals surface area contributed by atoms with Crippen LogP contribution in [0.25, 0.3) is 0 Å². The molecule has 170 valence electrons. The zero-order valence-electron chi connectivity index (χ0n) is 18.8. The number of nitrogens with zero attached hydrogens (tertiary/aromatic N) is 1. The average Bonchev–Trinajstić information content (AvgIpc) is 2.74. The Hall–Kier alpha value is -2.74. The van der Waals surface area contributed by atoms with E-state index in [1.54, 1.807) is 26.4 Å². The highest BCUT2D eigenvalue weighted by molar-refractivity contribution is 7.92. The number of hydrogen-bond donors (Lipinski definition) is 1. The summed E-state index contributed by atoms with van der Waals surface area (Å²) in [7, 11) is -0.409. The van der Waals surface area contributed by atoms with E-state index in [2.05, 4.69) is 19.2 Å². The fraction of sp³-hybridized carbons (Fsp3) is 0.435. The number of nitrogens with one attached hydrogen (secondary N) is 1. The number of aryl methyl sites for hydroxylation is 1. The Morgan fingerprint density at radius 3 is 2.23 bits per heavy atom. The molecule has 0 fully saturated rings. The van der Waals surface area contributed by atoms with Gasteiger partial charge >= 0.3 is 0 Å². The lowest BCUT2D eigenvalue weighted by atomic mass is 10.0. The lowest BCUT2D eigenvalue weighted by Gasteiger charge is -2.22. The van der Waals surface area contributed by atoms with Crippen LogP contribution in [0, 0.1) is 0 Å². The van der Waals surface area contributed by atoms with Gasteiger partial charge in [-0.15, -0.1) is 0 Å². The minimum absolute atomic E-state index is 0.254. The van der Waals surface area contributed by atoms with Crippen molar-refractivity contribution < 1.29 is 22.7 Å². The molecule has 0 aliphatic rings. The normalized spacial score (nSPS) is 11.3. The van der Waals surface area contributed by atoms with Gasteiger partial charge in [0.05, 0.1) is 26.2 Å². The third-order valence-electron chi connectivity index (χ3n) is 4.95. The molecule has 2 aromatic carbocycles. The van der Waals surface area contributed by atoms with Gasteiger partial charge in [-0.05, 0) is 54.2 Å². The van der Waals surface area contributed by atoms with E-state index in [1.165, 1.54) is 0 Å². The van der Waals surface area contributed by atoms with Crippen LogP contribution in [0.2, 0.25) is 0 Å². The van der Waals surface area contributed by atoms with Crippen molar-refractivity contribution in [1.29, 1.82) is 0 Å². The lowest BCUT2D eigenvalue weighted by molar-refractivity contribution is -0.119. The molecule has 0 aromatic heterocycles. The number of carbonyl (C=O) groups is 1. The molecule has 31 heavy (non-hydrogen) atoms. The molecule has 0 radical (unpaired) electrons. The van der Waals surface area contributed by atoms with E-state index in [9.17, 15) is 13.2 Å². The van der Waals surface area contributed by atoms with E-state index in [4.69, 9.17) is 9.47 Å². The number of rotatable bonds is 11. The van der Waals surface area contributed by atoms with Crippen molar-refractivity contribution in [3.63, 3.8) is 0 Å². The molecule has 2 rings (SSSR count). The highest BCUT2D eigenvalue weighted by Crippen LogP contribution is 2.28. The zero-order valence-corrected chi connectivity index (χ0v) is 19.7. The van der Waals surface area contributed by atoms with E-state index in [0.717, 1.165) is 28.1 Å². The first kappa shape index (κ1) is 24.5. The van der Waals surface area contributed by atoms with Crippen LogP contribution < -0.4 is 19.1 Å². The van der Waals surface area contributed by atoms with Crippen molar-refractivity contribution in [2.24, 2.45) is 0 Å². The molecule has 2 aromatic rings. The fourth-order valence-electron chi connectivity index (χ4n) is 3.17. The number of benzene rings is 2. The number of ether oxygens (including phenoxy) is 2. The summed E-state index contributed by atoms with van der Waals surface area (Å²) in [5.74, 6) is 1.33. The minimum Gasteiger partial charge on any atom is -0.493 e. The van der Waals surface area contributed by atoms with Gasteiger partial charge in [-0.1, -0.05) is 32.0 Å². The lowest BCUT2D eigenvalue weighted by Crippen LogP contribution is -2.40. The van der Waals surface area contributed by atoms with Crippen molar-refractivity contribution in [3.8, 4) is 11.5 Å². The molecule has 1 N–H and O–H groups in total. The molecular weight excluding hydrogens is 416 g/mol. The molecule has 0 unspecified atom stereocenters. The third-order valence-corrected chi connectivity index (χ3v) is 6.09. The number of carbonyl (C=O) groups excluding carboxylic acids is 1. The van der Waals surface area contributed by atoms with Gasteiger partial charge in [-0.2, -0.15) is 0 Å². The van der Waals surface area contributed by atoms with Gasteiger partial charge in [-0.3, -0.25) is 9.10 Å². The van der Waals surface area contributed by atoms with Crippen molar-refractivity contribution >= 4 is 21.6 Å². The van der Waals surface area contributed by atoms with Crippen molar-refractivity contribution in [3.05, 3.63) is 53.6 Å². The molecule has 0 saturated heterocycles. The third kappa shape index (κ3) is 7.17. The molecule has 0 aliphatic carbocycles. The number of anilines is 1. The maximum absolute atomic E-state index is 12.4. The molecule has 0 spiro atoms. The Morgan fingerprint density at radius 2 is 1.68 bits per heavy atom. The summed E-state index contributed by atoms with van der Waals surface area (Å²) in [5, 5.41) is 2.81. The second-order valence-electron chi connectivity index (χ2n) is 7.66. The molecule has 8 heteroatoms. The number of methoxy groups -OCH3 is 2. The first-order chi connectivity index (χ1) is 14.7. The predicted octanol–water partition coefficient (Wildman–Crippen LogP) is 3.34. The number of amides is 1. The van der Waals surface area contributed by atoms with Gasteiger partial charge in [0.25, 0.3) is 0 Å². The Labute approximate surface area is 185 Å². The van der Waals surface area contributed by atoms with Crippen LogP contribution >= 0.6 is 0 Å². The summed E-state index contributed by atoms with van der Waals surface area (Å²) in [6.45, 7) is 4.32. The average molecular weight is 449 g/mol. The highest BCUT2D eigenvalue weighted by atomic mass is 32.2. The van der Waals surface area contributed by atoms with Gasteiger partial charge in [0.15, 0.2) is 11.5 Å². The largest absolute Gasteiger partial charge is 0.493 e. The van der Waals surface area contributed by atoms with Gasteiger partial charge in [0, 0.05) is 6.54 Å². The second kappa shape index (κ2) is 11.0. The molecule has 0 heterocycles. The molecule has 1 amide bonds. The SMILES string of the molecule is COc1ccc(CCCNC(=O)CN(c2ccc(C(C)C)cc2)S(C)(=O)=O)cc1OC. The van der Waals surface area contributed by atoms with E-state index in [0.29, 0.717) is 36.1 Å². The molecule has 0 aliphatic heterocycles. The highest BCUT2D eigenvalue weighted by Gasteiger charge is 2.20. The van der Waals surface area contributed by atoms with Crippen LogP contribution in [0.1, 0.15) is 37.3 Å². The van der Waals surface area contributed by atoms with Gasteiger partial charge in [0.2, 0.25) is 15.9 Å². The Balaban J connectivity index is 1.92. The van der Waals surface area contributed by atoms with Crippen molar-refractivity contribution in [1.82, 2.24) is 5.32 Å². The summed E-state index contributed by atoms with van der Waals surface area (Å²) in [6.07, 6.45) is 2.56. The van der Waals surface area contributed by atoms with Crippen LogP contribution in [0.3, 0.4) is 0 Å². The predicted molar refractivity (Wildman–Crippen MR) is 124 cm³/mol. The molecular formula is C23H32N2O5S. The van der Waals surface area contributed by atoms with Gasteiger partial charge in [-0.25, -0.2) is 8.42 Å². The maximum Gasteiger partial charge on any atom is 0.240 e. The van der Waals surface area contributed by atoms with Crippen LogP contribution in [0.15, 0.2) is 42.5 Å². The second-order valence-corrected chi connectivity index (χ2v) is 9.57. The van der Waals surface area contributed by atoms with Gasteiger partial charge in [0.1, 0.15) is 6.54 Å². The van der Waals surface area contributed by atoms with E-state index >= 15 is 0 Å². The minimum atomic E-state index is -3.59. The summed E-state index contributed by atoms with van der Waals surface area (Å²) < 4.78 is 36.1. The van der Waals surface area contributed by atoms with E-state index < -0.39 is 10.0 Å². The standard InChI is InChI=1S/C23H32N2O5S/c1-17(2)19-9-11-20(12-10-19)25(31(5,27)28)16-23(26)24-14-6-7-18-8-13-21(29-3)22(15-18)30-4/h8-13,15,17H,6-7,14,16H2,1-5H3,(H,24,26). The topological polar surface area (TPSA) is 84.9 Å². The van der Waals surface area contributed by atoms with Crippen LogP contribution in [-0.2, 0) is 21.2 Å². The van der Waals surface area contributed by atoms with E-state index in [-0.39, 0.29) is 12.5 Å². The van der Waals surface area contributed by atoms with Crippen LogP contribution in [0.4, 0.5) is 5.69 Å². The smallest absolute Gasteiger partial charge is 0.240 e. The molecule has 0 bridgehead atoms. The van der Waals surface area contributed by atoms with E-state index in [1.807, 2.05) is 30.3 Å². The maximum atomic E-state index is 12.4. The van der Waals surface area contributed by atoms with Crippen LogP contribution in [0.5, 0.6) is 11.5 Å². The Kier molecular flexibility index (Phi) is 8.74. The van der Waals surface area contributed by atoms with Crippen molar-refractivity contribution in [2.75, 3.05) is 37.9 Å². The number of hydrogen-bond acceptors (Lipinski definition) is 5. The molecule has 0 atom stereocenters. The molecule has 7 nitrogen and oxygen atoms in total.